The van der Waals surface area contributed by atoms with Gasteiger partial charge in [-0.05, 0) is 24.5 Å². The summed E-state index contributed by atoms with van der Waals surface area (Å²) in [6.07, 6.45) is 1.66. The zero-order valence-corrected chi connectivity index (χ0v) is 6.63. The summed E-state index contributed by atoms with van der Waals surface area (Å²) in [5.41, 5.74) is 7.54. The lowest BCUT2D eigenvalue weighted by atomic mass is 10.2. The molecule has 0 amide bonds. The minimum atomic E-state index is 0.460. The van der Waals surface area contributed by atoms with E-state index in [1.165, 1.54) is 0 Å². The van der Waals surface area contributed by atoms with Gasteiger partial charge in [0.25, 0.3) is 0 Å². The van der Waals surface area contributed by atoms with Crippen LogP contribution in [0.2, 0.25) is 0 Å². The fourth-order valence-electron chi connectivity index (χ4n) is 0.783. The highest BCUT2D eigenvalue weighted by Crippen LogP contribution is 2.08. The third kappa shape index (κ3) is 1.74. The van der Waals surface area contributed by atoms with Gasteiger partial charge in [0.05, 0.1) is 5.69 Å². The van der Waals surface area contributed by atoms with Crippen LogP contribution in [0.15, 0.2) is 12.3 Å². The average Bonchev–Trinajstić information content (AvgIpc) is 2.03. The zero-order valence-electron chi connectivity index (χ0n) is 6.63. The van der Waals surface area contributed by atoms with E-state index in [4.69, 9.17) is 11.0 Å². The van der Waals surface area contributed by atoms with E-state index in [2.05, 4.69) is 16.8 Å². The van der Waals surface area contributed by atoms with E-state index in [0.717, 1.165) is 5.56 Å². The molecular formula is C9H7N3. The molecule has 1 aromatic rings. The molecule has 1 rings (SSSR count). The molecule has 0 saturated carbocycles. The number of nitriles is 1. The molecule has 1 heterocycles. The van der Waals surface area contributed by atoms with Gasteiger partial charge in [-0.1, -0.05) is 0 Å². The van der Waals surface area contributed by atoms with Gasteiger partial charge < -0.3 is 5.73 Å². The first-order chi connectivity index (χ1) is 5.74. The maximum absolute atomic E-state index is 8.18. The number of hydrogen-bond acceptors (Lipinski definition) is 3. The summed E-state index contributed by atoms with van der Waals surface area (Å²) in [5.74, 6) is 4.78. The maximum atomic E-state index is 8.18. The molecule has 0 aliphatic carbocycles. The lowest BCUT2D eigenvalue weighted by molar-refractivity contribution is 1.24. The summed E-state index contributed by atoms with van der Waals surface area (Å²) >= 11 is 0. The zero-order chi connectivity index (χ0) is 8.97. The molecule has 0 aliphatic rings. The standard InChI is InChI=1S/C9H7N3/c1-7-5-8(11)9(12-6-7)3-2-4-10/h5-6H,11H2,1H3. The topological polar surface area (TPSA) is 62.7 Å². The molecule has 3 heteroatoms. The van der Waals surface area contributed by atoms with Crippen LogP contribution in [0, 0.1) is 30.1 Å². The fourth-order valence-corrected chi connectivity index (χ4v) is 0.783. The van der Waals surface area contributed by atoms with Crippen molar-refractivity contribution in [2.75, 3.05) is 5.73 Å². The van der Waals surface area contributed by atoms with Crippen LogP contribution in [-0.4, -0.2) is 4.98 Å². The first-order valence-electron chi connectivity index (χ1n) is 3.36. The summed E-state index contributed by atoms with van der Waals surface area (Å²) in [6, 6.07) is 3.47. The van der Waals surface area contributed by atoms with Crippen molar-refractivity contribution in [3.8, 4) is 17.9 Å². The minimum absolute atomic E-state index is 0.460. The van der Waals surface area contributed by atoms with Crippen LogP contribution in [0.4, 0.5) is 5.69 Å². The fraction of sp³-hybridized carbons (Fsp3) is 0.111. The lowest BCUT2D eigenvalue weighted by Gasteiger charge is -1.96. The number of rotatable bonds is 0. The monoisotopic (exact) mass is 157 g/mol. The van der Waals surface area contributed by atoms with Gasteiger partial charge in [-0.25, -0.2) is 4.98 Å². The quantitative estimate of drug-likeness (QED) is 0.568. The molecule has 0 aliphatic heterocycles. The van der Waals surface area contributed by atoms with Gasteiger partial charge in [0.2, 0.25) is 0 Å². The molecule has 0 radical (unpaired) electrons. The summed E-state index contributed by atoms with van der Waals surface area (Å²) in [4.78, 5) is 3.97. The molecule has 0 unspecified atom stereocenters. The van der Waals surface area contributed by atoms with E-state index >= 15 is 0 Å². The molecule has 58 valence electrons. The van der Waals surface area contributed by atoms with Crippen LogP contribution in [0.25, 0.3) is 0 Å². The smallest absolute Gasteiger partial charge is 0.152 e. The van der Waals surface area contributed by atoms with Crippen molar-refractivity contribution in [2.45, 2.75) is 6.92 Å². The van der Waals surface area contributed by atoms with Crippen molar-refractivity contribution in [1.29, 1.82) is 5.26 Å². The van der Waals surface area contributed by atoms with Gasteiger partial charge in [0.15, 0.2) is 6.07 Å². The number of aromatic nitrogens is 1. The highest BCUT2D eigenvalue weighted by molar-refractivity contribution is 5.53. The molecule has 1 aromatic heterocycles. The van der Waals surface area contributed by atoms with Crippen LogP contribution >= 0.6 is 0 Å². The Hall–Kier alpha value is -2.00. The summed E-state index contributed by atoms with van der Waals surface area (Å²) < 4.78 is 0. The summed E-state index contributed by atoms with van der Waals surface area (Å²) in [6.45, 7) is 1.89. The van der Waals surface area contributed by atoms with E-state index in [-0.39, 0.29) is 0 Å². The van der Waals surface area contributed by atoms with Gasteiger partial charge in [-0.15, -0.1) is 0 Å². The molecule has 0 bridgehead atoms. The Labute approximate surface area is 70.8 Å². The number of nitrogens with zero attached hydrogens (tertiary/aromatic N) is 2. The average molecular weight is 157 g/mol. The first-order valence-corrected chi connectivity index (χ1v) is 3.36. The van der Waals surface area contributed by atoms with Crippen LogP contribution in [0.3, 0.4) is 0 Å². The van der Waals surface area contributed by atoms with Gasteiger partial charge >= 0.3 is 0 Å². The Morgan fingerprint density at radius 2 is 2.33 bits per heavy atom. The predicted molar refractivity (Wildman–Crippen MR) is 45.9 cm³/mol. The van der Waals surface area contributed by atoms with E-state index in [1.54, 1.807) is 18.3 Å². The second-order valence-corrected chi connectivity index (χ2v) is 2.31. The Balaban J connectivity index is 3.12. The molecular weight excluding hydrogens is 150 g/mol. The van der Waals surface area contributed by atoms with Crippen molar-refractivity contribution < 1.29 is 0 Å². The van der Waals surface area contributed by atoms with Crippen LogP contribution in [0.1, 0.15) is 11.3 Å². The predicted octanol–water partition coefficient (Wildman–Crippen LogP) is 0.847. The Kier molecular flexibility index (Phi) is 2.30. The second kappa shape index (κ2) is 3.41. The number of pyridine rings is 1. The second-order valence-electron chi connectivity index (χ2n) is 2.31. The molecule has 12 heavy (non-hydrogen) atoms. The van der Waals surface area contributed by atoms with Crippen molar-refractivity contribution in [3.63, 3.8) is 0 Å². The SMILES string of the molecule is Cc1cnc(C#CC#N)c(N)c1. The van der Waals surface area contributed by atoms with E-state index in [9.17, 15) is 0 Å². The van der Waals surface area contributed by atoms with Crippen LogP contribution in [0.5, 0.6) is 0 Å². The van der Waals surface area contributed by atoms with Crippen LogP contribution < -0.4 is 5.73 Å². The van der Waals surface area contributed by atoms with E-state index < -0.39 is 0 Å². The number of aryl methyl sites for hydroxylation is 1. The Morgan fingerprint density at radius 3 is 2.92 bits per heavy atom. The summed E-state index contributed by atoms with van der Waals surface area (Å²) in [5, 5.41) is 8.18. The van der Waals surface area contributed by atoms with Gasteiger partial charge in [-0.3, -0.25) is 0 Å². The van der Waals surface area contributed by atoms with Crippen molar-refractivity contribution >= 4 is 5.69 Å². The molecule has 2 N–H and O–H groups in total. The minimum Gasteiger partial charge on any atom is -0.396 e. The normalized spacial score (nSPS) is 8.00. The molecule has 3 nitrogen and oxygen atoms in total. The Bertz CT molecular complexity index is 390. The van der Waals surface area contributed by atoms with Gasteiger partial charge in [0.1, 0.15) is 5.69 Å². The third-order valence-corrected chi connectivity index (χ3v) is 1.29. The third-order valence-electron chi connectivity index (χ3n) is 1.29. The van der Waals surface area contributed by atoms with Crippen molar-refractivity contribution in [2.24, 2.45) is 0 Å². The molecule has 0 atom stereocenters. The van der Waals surface area contributed by atoms with Gasteiger partial charge in [-0.2, -0.15) is 5.26 Å². The highest BCUT2D eigenvalue weighted by Gasteiger charge is 1.95. The number of nitrogen functional groups attached to an aromatic ring is 1. The van der Waals surface area contributed by atoms with Crippen molar-refractivity contribution in [3.05, 3.63) is 23.5 Å². The number of hydrogen-bond donors (Lipinski definition) is 1. The molecule has 0 aromatic carbocycles. The highest BCUT2D eigenvalue weighted by atomic mass is 14.7. The molecule has 0 spiro atoms. The van der Waals surface area contributed by atoms with Crippen LogP contribution in [-0.2, 0) is 0 Å². The molecule has 0 fully saturated rings. The maximum Gasteiger partial charge on any atom is 0.152 e. The first kappa shape index (κ1) is 8.10. The van der Waals surface area contributed by atoms with E-state index in [1.807, 2.05) is 6.92 Å². The molecule has 0 saturated heterocycles. The number of anilines is 1. The summed E-state index contributed by atoms with van der Waals surface area (Å²) in [7, 11) is 0. The number of nitrogens with two attached hydrogens (primary N) is 1. The van der Waals surface area contributed by atoms with Crippen molar-refractivity contribution in [1.82, 2.24) is 4.98 Å². The lowest BCUT2D eigenvalue weighted by Crippen LogP contribution is -1.93. The largest absolute Gasteiger partial charge is 0.396 e. The van der Waals surface area contributed by atoms with E-state index in [0.29, 0.717) is 11.4 Å². The Morgan fingerprint density at radius 1 is 1.58 bits per heavy atom. The van der Waals surface area contributed by atoms with Gasteiger partial charge in [0, 0.05) is 12.1 Å².